The van der Waals surface area contributed by atoms with Crippen molar-refractivity contribution in [2.45, 2.75) is 26.8 Å². The van der Waals surface area contributed by atoms with Crippen LogP contribution in [0.25, 0.3) is 11.0 Å². The number of hydrogen-bond acceptors (Lipinski definition) is 6. The number of hydrogen-bond donors (Lipinski definition) is 1. The Hall–Kier alpha value is -3.13. The molecule has 4 rings (SSSR count). The largest absolute Gasteiger partial charge is 0.451 e. The van der Waals surface area contributed by atoms with E-state index in [0.29, 0.717) is 37.8 Å². The zero-order valence-electron chi connectivity index (χ0n) is 17.3. The molecule has 30 heavy (non-hydrogen) atoms. The van der Waals surface area contributed by atoms with E-state index in [1.54, 1.807) is 4.90 Å². The molecule has 0 bridgehead atoms. The normalized spacial score (nSPS) is 15.5. The summed E-state index contributed by atoms with van der Waals surface area (Å²) in [7, 11) is 0. The van der Waals surface area contributed by atoms with Gasteiger partial charge in [-0.05, 0) is 18.9 Å². The molecule has 2 aromatic heterocycles. The quantitative estimate of drug-likeness (QED) is 0.692. The summed E-state index contributed by atoms with van der Waals surface area (Å²) in [6.45, 7) is 7.83. The van der Waals surface area contributed by atoms with Crippen LogP contribution in [0.4, 0.5) is 0 Å². The Bertz CT molecular complexity index is 1060. The van der Waals surface area contributed by atoms with E-state index in [0.717, 1.165) is 10.9 Å². The Morgan fingerprint density at radius 1 is 1.17 bits per heavy atom. The number of benzene rings is 1. The van der Waals surface area contributed by atoms with E-state index >= 15 is 0 Å². The molecule has 3 heterocycles. The predicted octanol–water partition coefficient (Wildman–Crippen LogP) is 3.33. The van der Waals surface area contributed by atoms with Crippen LogP contribution in [-0.2, 0) is 4.74 Å². The van der Waals surface area contributed by atoms with Gasteiger partial charge in [-0.1, -0.05) is 32.0 Å². The molecule has 8 nitrogen and oxygen atoms in total. The van der Waals surface area contributed by atoms with Crippen LogP contribution in [0, 0.1) is 12.8 Å². The second-order valence-corrected chi connectivity index (χ2v) is 7.72. The first kappa shape index (κ1) is 20.2. The second kappa shape index (κ2) is 8.31. The van der Waals surface area contributed by atoms with Crippen molar-refractivity contribution in [3.8, 4) is 0 Å². The van der Waals surface area contributed by atoms with E-state index in [4.69, 9.17) is 13.6 Å². The topological polar surface area (TPSA) is 97.8 Å². The van der Waals surface area contributed by atoms with Crippen molar-refractivity contribution in [1.82, 2.24) is 15.2 Å². The molecule has 0 radical (unpaired) electrons. The molecule has 0 unspecified atom stereocenters. The molecular weight excluding hydrogens is 386 g/mol. The van der Waals surface area contributed by atoms with Gasteiger partial charge in [0.05, 0.1) is 13.2 Å². The van der Waals surface area contributed by atoms with E-state index in [-0.39, 0.29) is 29.2 Å². The molecule has 1 fully saturated rings. The van der Waals surface area contributed by atoms with Crippen LogP contribution in [0.2, 0.25) is 0 Å². The number of nitrogens with one attached hydrogen (secondary N) is 1. The van der Waals surface area contributed by atoms with Gasteiger partial charge >= 0.3 is 0 Å². The summed E-state index contributed by atoms with van der Waals surface area (Å²) in [5.74, 6) is 0.00212. The number of morpholine rings is 1. The minimum Gasteiger partial charge on any atom is -0.451 e. The van der Waals surface area contributed by atoms with Crippen molar-refractivity contribution in [2.75, 3.05) is 26.3 Å². The first-order valence-electron chi connectivity index (χ1n) is 10.1. The third-order valence-corrected chi connectivity index (χ3v) is 5.31. The van der Waals surface area contributed by atoms with E-state index in [1.807, 2.05) is 45.0 Å². The highest BCUT2D eigenvalue weighted by molar-refractivity contribution is 5.99. The smallest absolute Gasteiger partial charge is 0.287 e. The number of ether oxygens (including phenoxy) is 1. The Labute approximate surface area is 174 Å². The van der Waals surface area contributed by atoms with E-state index in [1.165, 1.54) is 6.26 Å². The molecule has 1 aliphatic rings. The molecule has 0 aliphatic carbocycles. The lowest BCUT2D eigenvalue weighted by Gasteiger charge is -2.25. The van der Waals surface area contributed by atoms with Crippen LogP contribution >= 0.6 is 0 Å². The fourth-order valence-corrected chi connectivity index (χ4v) is 3.57. The Morgan fingerprint density at radius 3 is 2.60 bits per heavy atom. The van der Waals surface area contributed by atoms with Gasteiger partial charge in [0.15, 0.2) is 11.5 Å². The maximum Gasteiger partial charge on any atom is 0.287 e. The molecule has 1 saturated heterocycles. The zero-order chi connectivity index (χ0) is 21.3. The summed E-state index contributed by atoms with van der Waals surface area (Å²) < 4.78 is 16.6. The van der Waals surface area contributed by atoms with Crippen LogP contribution in [0.15, 0.2) is 39.4 Å². The van der Waals surface area contributed by atoms with Crippen molar-refractivity contribution < 1.29 is 23.2 Å². The lowest BCUT2D eigenvalue weighted by Crippen LogP contribution is -2.40. The summed E-state index contributed by atoms with van der Waals surface area (Å²) >= 11 is 0. The predicted molar refractivity (Wildman–Crippen MR) is 109 cm³/mol. The molecule has 1 aromatic carbocycles. The average Bonchev–Trinajstić information content (AvgIpc) is 3.37. The standard InChI is InChI=1S/C22H25N3O5/c1-13(2)18(21-23-16(12-29-21)22(27)25-8-10-28-11-9-25)24-20(26)19-14(3)15-6-4-5-7-17(15)30-19/h4-7,12-13,18H,8-11H2,1-3H3,(H,24,26)/t18-/m1/s1. The number of rotatable bonds is 5. The zero-order valence-corrected chi connectivity index (χ0v) is 17.3. The Balaban J connectivity index is 1.54. The molecule has 3 aromatic rings. The number of fused-ring (bicyclic) bond motifs is 1. The van der Waals surface area contributed by atoms with Gasteiger partial charge in [0.2, 0.25) is 5.89 Å². The van der Waals surface area contributed by atoms with Crippen molar-refractivity contribution in [1.29, 1.82) is 0 Å². The summed E-state index contributed by atoms with van der Waals surface area (Å²) in [4.78, 5) is 31.6. The van der Waals surface area contributed by atoms with Gasteiger partial charge in [0.1, 0.15) is 17.9 Å². The molecule has 1 N–H and O–H groups in total. The number of oxazole rings is 1. The first-order valence-corrected chi connectivity index (χ1v) is 10.1. The summed E-state index contributed by atoms with van der Waals surface area (Å²) in [6, 6.07) is 7.02. The first-order chi connectivity index (χ1) is 14.5. The van der Waals surface area contributed by atoms with Crippen LogP contribution in [0.3, 0.4) is 0 Å². The van der Waals surface area contributed by atoms with Crippen LogP contribution < -0.4 is 5.32 Å². The van der Waals surface area contributed by atoms with Gasteiger partial charge in [-0.15, -0.1) is 0 Å². The highest BCUT2D eigenvalue weighted by Crippen LogP contribution is 2.27. The minimum atomic E-state index is -0.503. The molecule has 1 aliphatic heterocycles. The number of carbonyl (C=O) groups is 2. The van der Waals surface area contributed by atoms with Gasteiger partial charge in [-0.3, -0.25) is 9.59 Å². The Kier molecular flexibility index (Phi) is 5.59. The van der Waals surface area contributed by atoms with Crippen molar-refractivity contribution >= 4 is 22.8 Å². The summed E-state index contributed by atoms with van der Waals surface area (Å²) in [5.41, 5.74) is 1.67. The van der Waals surface area contributed by atoms with Crippen molar-refractivity contribution in [3.05, 3.63) is 53.4 Å². The SMILES string of the molecule is Cc1c(C(=O)N[C@@H](c2nc(C(=O)N3CCOCC3)co2)C(C)C)oc2ccccc12. The van der Waals surface area contributed by atoms with E-state index in [2.05, 4.69) is 10.3 Å². The number of aryl methyl sites for hydroxylation is 1. The summed E-state index contributed by atoms with van der Waals surface area (Å²) in [6.07, 6.45) is 1.35. The minimum absolute atomic E-state index is 0.0105. The fourth-order valence-electron chi connectivity index (χ4n) is 3.57. The molecule has 1 atom stereocenters. The second-order valence-electron chi connectivity index (χ2n) is 7.72. The Morgan fingerprint density at radius 2 is 1.90 bits per heavy atom. The van der Waals surface area contributed by atoms with Crippen molar-refractivity contribution in [2.24, 2.45) is 5.92 Å². The van der Waals surface area contributed by atoms with Crippen LogP contribution in [-0.4, -0.2) is 48.0 Å². The fraction of sp³-hybridized carbons (Fsp3) is 0.409. The molecule has 0 spiro atoms. The van der Waals surface area contributed by atoms with Crippen LogP contribution in [0.1, 0.15) is 52.4 Å². The van der Waals surface area contributed by atoms with Crippen LogP contribution in [0.5, 0.6) is 0 Å². The monoisotopic (exact) mass is 411 g/mol. The maximum atomic E-state index is 12.9. The third-order valence-electron chi connectivity index (χ3n) is 5.31. The van der Waals surface area contributed by atoms with E-state index < -0.39 is 6.04 Å². The molecular formula is C22H25N3O5. The number of para-hydroxylation sites is 1. The number of aromatic nitrogens is 1. The van der Waals surface area contributed by atoms with E-state index in [9.17, 15) is 9.59 Å². The lowest BCUT2D eigenvalue weighted by molar-refractivity contribution is 0.0299. The molecule has 0 saturated carbocycles. The number of nitrogens with zero attached hydrogens (tertiary/aromatic N) is 2. The highest BCUT2D eigenvalue weighted by Gasteiger charge is 2.29. The maximum absolute atomic E-state index is 12.9. The van der Waals surface area contributed by atoms with Gasteiger partial charge in [-0.25, -0.2) is 4.98 Å². The van der Waals surface area contributed by atoms with Gasteiger partial charge in [-0.2, -0.15) is 0 Å². The molecule has 158 valence electrons. The van der Waals surface area contributed by atoms with Crippen molar-refractivity contribution in [3.63, 3.8) is 0 Å². The molecule has 8 heteroatoms. The summed E-state index contributed by atoms with van der Waals surface area (Å²) in [5, 5.41) is 3.85. The van der Waals surface area contributed by atoms with Gasteiger partial charge in [0, 0.05) is 24.0 Å². The van der Waals surface area contributed by atoms with Gasteiger partial charge < -0.3 is 23.8 Å². The average molecular weight is 411 g/mol. The van der Waals surface area contributed by atoms with Gasteiger partial charge in [0.25, 0.3) is 11.8 Å². The number of carbonyl (C=O) groups excluding carboxylic acids is 2. The third kappa shape index (κ3) is 3.82. The lowest BCUT2D eigenvalue weighted by atomic mass is 10.0. The molecule has 2 amide bonds. The highest BCUT2D eigenvalue weighted by atomic mass is 16.5. The number of furan rings is 1. The number of amides is 2.